The van der Waals surface area contributed by atoms with Crippen molar-refractivity contribution in [1.82, 2.24) is 5.32 Å². The van der Waals surface area contributed by atoms with Crippen molar-refractivity contribution in [3.63, 3.8) is 0 Å². The van der Waals surface area contributed by atoms with Crippen LogP contribution in [-0.4, -0.2) is 64.9 Å². The van der Waals surface area contributed by atoms with Crippen molar-refractivity contribution in [3.05, 3.63) is 0 Å². The molecule has 11 nitrogen and oxygen atoms in total. The number of carbonyl (C=O) groups excluding carboxylic acids is 2. The first-order valence-corrected chi connectivity index (χ1v) is 28.6. The lowest BCUT2D eigenvalue weighted by atomic mass is 10.0. The Bertz CT molecular complexity index is 1090. The molecule has 0 radical (unpaired) electrons. The van der Waals surface area contributed by atoms with Gasteiger partial charge in [-0.15, -0.1) is 0 Å². The van der Waals surface area contributed by atoms with Gasteiger partial charge in [-0.2, -0.15) is 0 Å². The van der Waals surface area contributed by atoms with E-state index >= 15 is 0 Å². The second-order valence-electron chi connectivity index (χ2n) is 18.8. The molecule has 0 spiro atoms. The zero-order valence-electron chi connectivity index (χ0n) is 41.6. The molecule has 380 valence electrons. The average molecular weight is 932 g/mol. The van der Waals surface area contributed by atoms with Gasteiger partial charge in [0, 0.05) is 12.8 Å². The summed E-state index contributed by atoms with van der Waals surface area (Å²) in [6, 6.07) is -1.54. The highest BCUT2D eigenvalue weighted by molar-refractivity contribution is 7.47. The summed E-state index contributed by atoms with van der Waals surface area (Å²) in [6.45, 7) is 2.67. The van der Waals surface area contributed by atoms with Gasteiger partial charge < -0.3 is 25.2 Å². The second kappa shape index (κ2) is 48.0. The highest BCUT2D eigenvalue weighted by Crippen LogP contribution is 2.43. The third kappa shape index (κ3) is 47.0. The molecule has 0 fully saturated rings. The molecule has 0 aromatic carbocycles. The number of rotatable bonds is 52. The molecule has 3 atom stereocenters. The lowest BCUT2D eigenvalue weighted by Crippen LogP contribution is -2.43. The summed E-state index contributed by atoms with van der Waals surface area (Å²) in [5.41, 5.74) is 0. The molecule has 0 aromatic heterocycles. The maximum absolute atomic E-state index is 12.4. The number of aliphatic carboxylic acids is 1. The van der Waals surface area contributed by atoms with Gasteiger partial charge in [0.25, 0.3) is 0 Å². The molecule has 0 aliphatic rings. The van der Waals surface area contributed by atoms with Gasteiger partial charge in [0.1, 0.15) is 12.7 Å². The molecule has 0 heterocycles. The van der Waals surface area contributed by atoms with Crippen LogP contribution in [0.4, 0.5) is 0 Å². The van der Waals surface area contributed by atoms with Gasteiger partial charge in [-0.25, -0.2) is 9.36 Å². The van der Waals surface area contributed by atoms with Crippen molar-refractivity contribution in [2.75, 3.05) is 19.8 Å². The molecule has 1 amide bonds. The van der Waals surface area contributed by atoms with Gasteiger partial charge in [-0.3, -0.25) is 18.6 Å². The van der Waals surface area contributed by atoms with Gasteiger partial charge in [-0.05, 0) is 12.8 Å². The van der Waals surface area contributed by atoms with E-state index < -0.39 is 57.6 Å². The van der Waals surface area contributed by atoms with Crippen molar-refractivity contribution in [2.45, 2.75) is 296 Å². The van der Waals surface area contributed by atoms with Gasteiger partial charge in [-0.1, -0.05) is 258 Å². The van der Waals surface area contributed by atoms with Crippen LogP contribution in [0.5, 0.6) is 0 Å². The first kappa shape index (κ1) is 62.5. The summed E-state index contributed by atoms with van der Waals surface area (Å²) >= 11 is 0. The van der Waals surface area contributed by atoms with Crippen molar-refractivity contribution in [1.29, 1.82) is 0 Å². The monoisotopic (exact) mass is 932 g/mol. The predicted molar refractivity (Wildman–Crippen MR) is 264 cm³/mol. The summed E-state index contributed by atoms with van der Waals surface area (Å²) in [5, 5.41) is 22.0. The largest absolute Gasteiger partial charge is 0.480 e. The number of amides is 1. The van der Waals surface area contributed by atoms with Crippen LogP contribution in [0.2, 0.25) is 0 Å². The Labute approximate surface area is 393 Å². The van der Waals surface area contributed by atoms with Gasteiger partial charge in [0.05, 0.1) is 13.2 Å². The Hall–Kier alpha value is -1.52. The Kier molecular flexibility index (Phi) is 46.8. The number of carboxylic acid groups (broad SMARTS) is 1. The average Bonchev–Trinajstić information content (AvgIpc) is 3.27. The first-order chi connectivity index (χ1) is 31.1. The molecule has 0 bridgehead atoms. The lowest BCUT2D eigenvalue weighted by molar-refractivity contribution is -0.147. The minimum Gasteiger partial charge on any atom is -0.480 e. The van der Waals surface area contributed by atoms with Crippen LogP contribution in [0, 0.1) is 0 Å². The summed E-state index contributed by atoms with van der Waals surface area (Å²) in [7, 11) is -4.76. The molecule has 64 heavy (non-hydrogen) atoms. The first-order valence-electron chi connectivity index (χ1n) is 27.1. The van der Waals surface area contributed by atoms with Crippen LogP contribution in [0.15, 0.2) is 0 Å². The van der Waals surface area contributed by atoms with Crippen molar-refractivity contribution < 1.29 is 47.8 Å². The fraction of sp³-hybridized carbons (Fsp3) is 0.942. The van der Waals surface area contributed by atoms with Crippen molar-refractivity contribution in [2.24, 2.45) is 0 Å². The summed E-state index contributed by atoms with van der Waals surface area (Å²) < 4.78 is 27.0. The van der Waals surface area contributed by atoms with Crippen LogP contribution < -0.4 is 5.32 Å². The Morgan fingerprint density at radius 2 is 0.719 bits per heavy atom. The number of carboxylic acids is 1. The minimum absolute atomic E-state index is 0.153. The molecule has 0 aromatic rings. The van der Waals surface area contributed by atoms with Gasteiger partial charge >= 0.3 is 19.8 Å². The number of phosphoric acid groups is 1. The zero-order valence-corrected chi connectivity index (χ0v) is 42.5. The number of ether oxygens (including phenoxy) is 1. The van der Waals surface area contributed by atoms with Crippen LogP contribution >= 0.6 is 7.82 Å². The summed E-state index contributed by atoms with van der Waals surface area (Å²) in [4.78, 5) is 46.2. The number of esters is 1. The number of unbranched alkanes of at least 4 members (excludes halogenated alkanes) is 38. The second-order valence-corrected chi connectivity index (χ2v) is 20.2. The van der Waals surface area contributed by atoms with Crippen molar-refractivity contribution >= 4 is 25.7 Å². The van der Waals surface area contributed by atoms with E-state index in [0.717, 1.165) is 38.5 Å². The highest BCUT2D eigenvalue weighted by Gasteiger charge is 2.28. The van der Waals surface area contributed by atoms with E-state index in [1.807, 2.05) is 0 Å². The molecular weight excluding hydrogens is 830 g/mol. The van der Waals surface area contributed by atoms with E-state index in [1.54, 1.807) is 0 Å². The molecule has 0 aliphatic carbocycles. The quantitative estimate of drug-likeness (QED) is 0.0262. The molecule has 4 N–H and O–H groups in total. The molecule has 0 aliphatic heterocycles. The number of aliphatic hydroxyl groups excluding tert-OH is 1. The number of carbonyl (C=O) groups is 3. The van der Waals surface area contributed by atoms with Gasteiger partial charge in [0.15, 0.2) is 6.04 Å². The van der Waals surface area contributed by atoms with E-state index in [2.05, 4.69) is 19.2 Å². The maximum atomic E-state index is 12.4. The topological polar surface area (TPSA) is 169 Å². The third-order valence-electron chi connectivity index (χ3n) is 12.4. The van der Waals surface area contributed by atoms with Crippen LogP contribution in [-0.2, 0) is 32.7 Å². The normalized spacial score (nSPS) is 13.4. The van der Waals surface area contributed by atoms with Crippen molar-refractivity contribution in [3.8, 4) is 0 Å². The Morgan fingerprint density at radius 3 is 1.03 bits per heavy atom. The molecular formula is C52H102NO10P. The lowest BCUT2D eigenvalue weighted by Gasteiger charge is -2.18. The van der Waals surface area contributed by atoms with Crippen LogP contribution in [0.1, 0.15) is 284 Å². The molecule has 3 unspecified atom stereocenters. The fourth-order valence-corrected chi connectivity index (χ4v) is 8.97. The maximum Gasteiger partial charge on any atom is 0.472 e. The summed E-state index contributed by atoms with van der Waals surface area (Å²) in [5.74, 6) is -2.34. The Balaban J connectivity index is 3.76. The summed E-state index contributed by atoms with van der Waals surface area (Å²) in [6.07, 6.45) is 49.8. The minimum atomic E-state index is -4.76. The van der Waals surface area contributed by atoms with E-state index in [4.69, 9.17) is 13.8 Å². The van der Waals surface area contributed by atoms with Gasteiger partial charge in [0.2, 0.25) is 5.91 Å². The molecule has 12 heteroatoms. The standard InChI is InChI=1S/C52H102NO10P/c1-3-5-7-9-11-13-15-17-19-21-23-24-26-27-29-31-33-35-37-39-41-43-50(55)53-49(52(57)58)47-63-64(59,60)62-46-48(54)45-61-51(56)44-42-40-38-36-34-32-30-28-25-22-20-18-16-14-12-10-8-6-4-2/h48-49,54H,3-47H2,1-2H3,(H,53,55)(H,57,58)(H,59,60). The molecule has 0 rings (SSSR count). The molecule has 0 saturated carbocycles. The fourth-order valence-electron chi connectivity index (χ4n) is 8.20. The highest BCUT2D eigenvalue weighted by atomic mass is 31.2. The third-order valence-corrected chi connectivity index (χ3v) is 13.3. The van der Waals surface area contributed by atoms with E-state index in [0.29, 0.717) is 12.8 Å². The zero-order chi connectivity index (χ0) is 47.0. The Morgan fingerprint density at radius 1 is 0.438 bits per heavy atom. The number of hydrogen-bond donors (Lipinski definition) is 4. The number of aliphatic hydroxyl groups is 1. The van der Waals surface area contributed by atoms with E-state index in [1.165, 1.54) is 205 Å². The number of phosphoric ester groups is 1. The van der Waals surface area contributed by atoms with E-state index in [-0.39, 0.29) is 12.8 Å². The predicted octanol–water partition coefficient (Wildman–Crippen LogP) is 15.0. The smallest absolute Gasteiger partial charge is 0.472 e. The van der Waals surface area contributed by atoms with Crippen LogP contribution in [0.25, 0.3) is 0 Å². The van der Waals surface area contributed by atoms with Crippen LogP contribution in [0.3, 0.4) is 0 Å². The number of nitrogens with one attached hydrogen (secondary N) is 1. The SMILES string of the molecule is CCCCCCCCCCCCCCCCCCCCCCCC(=O)NC(COP(=O)(O)OCC(O)COC(=O)CCCCCCCCCCCCCCCCCCCCC)C(=O)O. The number of hydrogen-bond acceptors (Lipinski definition) is 8. The van der Waals surface area contributed by atoms with E-state index in [9.17, 15) is 34.1 Å². The molecule has 0 saturated heterocycles.